The number of aromatic hydroxyl groups is 5. The van der Waals surface area contributed by atoms with Crippen LogP contribution >= 0.6 is 0 Å². The molecule has 0 saturated heterocycles. The Morgan fingerprint density at radius 1 is 0.341 bits per heavy atom. The zero-order valence-corrected chi connectivity index (χ0v) is 47.6. The quantitative estimate of drug-likeness (QED) is 0.0449. The standard InChI is InChI=1S/5C12H12N2O3/c1-7-5-9(3-4-11(7)15)13-12(16)10-6-8(2)17-14-10;1-7-3-4-9(15)6-10(7)13-12(16)11-5-8(2)17-14-11;1-7-3-4-9(11(15)5-7)13-12(16)10-6-8(2)17-14-10;1-7-4-3-5-10(15)11(7)13-12(16)9-6-8(2)17-14-9;1-7-4-3-5-9(11(7)15)13-12(16)10-6-8(2)17-14-10/h5*3-6,15H,1-2H3,(H,13,16). The molecule has 25 heteroatoms. The molecule has 0 saturated carbocycles. The number of aryl methyl sites for hydroxylation is 10. The van der Waals surface area contributed by atoms with E-state index in [2.05, 4.69) is 52.4 Å². The van der Waals surface area contributed by atoms with E-state index < -0.39 is 17.7 Å². The summed E-state index contributed by atoms with van der Waals surface area (Å²) in [5.41, 5.74) is 7.18. The molecule has 25 nitrogen and oxygen atoms in total. The number of hydrogen-bond donors (Lipinski definition) is 10. The number of nitrogens with zero attached hydrogens (tertiary/aromatic N) is 5. The molecule has 0 bridgehead atoms. The fourth-order valence-corrected chi connectivity index (χ4v) is 7.10. The Hall–Kier alpha value is -11.5. The van der Waals surface area contributed by atoms with Crippen molar-refractivity contribution in [1.29, 1.82) is 0 Å². The number of hydrogen-bond acceptors (Lipinski definition) is 20. The van der Waals surface area contributed by atoms with Crippen LogP contribution in [-0.2, 0) is 0 Å². The molecule has 5 heterocycles. The lowest BCUT2D eigenvalue weighted by Crippen LogP contribution is -2.13. The predicted molar refractivity (Wildman–Crippen MR) is 310 cm³/mol. The van der Waals surface area contributed by atoms with Crippen LogP contribution in [0.25, 0.3) is 0 Å². The minimum absolute atomic E-state index is 0.0265. The summed E-state index contributed by atoms with van der Waals surface area (Å²) in [6.07, 6.45) is 0. The topological polar surface area (TPSA) is 377 Å². The number of phenolic OH excluding ortho intramolecular Hbond substituents is 5. The second kappa shape index (κ2) is 28.8. The maximum absolute atomic E-state index is 11.8. The molecule has 5 aromatic carbocycles. The van der Waals surface area contributed by atoms with Gasteiger partial charge in [0, 0.05) is 47.8 Å². The number of rotatable bonds is 10. The van der Waals surface area contributed by atoms with Crippen LogP contribution in [0.15, 0.2) is 144 Å². The summed E-state index contributed by atoms with van der Waals surface area (Å²) < 4.78 is 24.0. The molecule has 0 aliphatic carbocycles. The molecule has 5 amide bonds. The largest absolute Gasteiger partial charge is 0.508 e. The van der Waals surface area contributed by atoms with E-state index in [0.29, 0.717) is 68.4 Å². The highest BCUT2D eigenvalue weighted by atomic mass is 16.5. The fraction of sp³-hybridized carbons (Fsp3) is 0.167. The number of carbonyl (C=O) groups is 5. The fourth-order valence-electron chi connectivity index (χ4n) is 7.10. The van der Waals surface area contributed by atoms with Gasteiger partial charge in [0.2, 0.25) is 0 Å². The van der Waals surface area contributed by atoms with E-state index in [0.717, 1.165) is 16.7 Å². The molecule has 10 rings (SSSR count). The van der Waals surface area contributed by atoms with Crippen LogP contribution in [0.1, 0.15) is 109 Å². The highest BCUT2D eigenvalue weighted by Gasteiger charge is 2.18. The summed E-state index contributed by atoms with van der Waals surface area (Å²) >= 11 is 0. The average Bonchev–Trinajstić information content (AvgIpc) is 4.52. The third-order valence-electron chi connectivity index (χ3n) is 11.6. The number of nitrogens with one attached hydrogen (secondary N) is 5. The lowest BCUT2D eigenvalue weighted by atomic mass is 10.2. The third-order valence-corrected chi connectivity index (χ3v) is 11.6. The van der Waals surface area contributed by atoms with Crippen molar-refractivity contribution in [1.82, 2.24) is 25.8 Å². The van der Waals surface area contributed by atoms with Gasteiger partial charge in [-0.3, -0.25) is 24.0 Å². The van der Waals surface area contributed by atoms with E-state index >= 15 is 0 Å². The van der Waals surface area contributed by atoms with Gasteiger partial charge >= 0.3 is 0 Å². The molecule has 0 aliphatic rings. The van der Waals surface area contributed by atoms with E-state index in [1.165, 1.54) is 36.4 Å². The monoisotopic (exact) mass is 1160 g/mol. The lowest BCUT2D eigenvalue weighted by Gasteiger charge is -2.08. The van der Waals surface area contributed by atoms with Gasteiger partial charge in [0.15, 0.2) is 28.5 Å². The van der Waals surface area contributed by atoms with Gasteiger partial charge in [0.25, 0.3) is 29.5 Å². The third kappa shape index (κ3) is 18.3. The van der Waals surface area contributed by atoms with Crippen molar-refractivity contribution >= 4 is 58.0 Å². The Morgan fingerprint density at radius 3 is 1.22 bits per heavy atom. The van der Waals surface area contributed by atoms with Crippen LogP contribution < -0.4 is 26.6 Å². The second-order valence-corrected chi connectivity index (χ2v) is 18.8. The van der Waals surface area contributed by atoms with Gasteiger partial charge in [-0.25, -0.2) is 0 Å². The van der Waals surface area contributed by atoms with Gasteiger partial charge in [-0.2, -0.15) is 0 Å². The van der Waals surface area contributed by atoms with Gasteiger partial charge < -0.3 is 74.7 Å². The summed E-state index contributed by atoms with van der Waals surface area (Å²) in [4.78, 5) is 58.8. The minimum atomic E-state index is -0.416. The summed E-state index contributed by atoms with van der Waals surface area (Å²) in [5, 5.41) is 78.8. The number of aromatic nitrogens is 5. The smallest absolute Gasteiger partial charge is 0.277 e. The maximum atomic E-state index is 11.8. The molecule has 0 fully saturated rings. The molecular weight excluding hydrogens is 1100 g/mol. The van der Waals surface area contributed by atoms with Crippen LogP contribution in [-0.4, -0.2) is 80.9 Å². The van der Waals surface area contributed by atoms with E-state index in [-0.39, 0.29) is 69.0 Å². The Morgan fingerprint density at radius 2 is 0.776 bits per heavy atom. The van der Waals surface area contributed by atoms with Gasteiger partial charge in [-0.05, 0) is 146 Å². The van der Waals surface area contributed by atoms with Gasteiger partial charge in [-0.15, -0.1) is 0 Å². The van der Waals surface area contributed by atoms with Crippen molar-refractivity contribution < 1.29 is 72.1 Å². The zero-order valence-electron chi connectivity index (χ0n) is 47.6. The molecular formula is C60H60N10O15. The molecule has 440 valence electrons. The number of benzene rings is 5. The Labute approximate surface area is 485 Å². The first-order valence-electron chi connectivity index (χ1n) is 25.5. The van der Waals surface area contributed by atoms with Crippen molar-refractivity contribution in [3.63, 3.8) is 0 Å². The van der Waals surface area contributed by atoms with Gasteiger partial charge in [0.05, 0.1) is 17.1 Å². The Kier molecular flexibility index (Phi) is 21.2. The van der Waals surface area contributed by atoms with Crippen molar-refractivity contribution in [2.75, 3.05) is 26.6 Å². The highest BCUT2D eigenvalue weighted by Crippen LogP contribution is 2.29. The highest BCUT2D eigenvalue weighted by molar-refractivity contribution is 6.06. The SMILES string of the molecule is Cc1cc(C(=O)Nc2c(C)cccc2O)no1.Cc1cc(C(=O)Nc2cc(O)ccc2C)no1.Cc1cc(C(=O)Nc2ccc(O)c(C)c2)no1.Cc1cc(C(=O)Nc2cccc(C)c2O)no1.Cc1ccc(NC(=O)c2cc(C)on2)c(O)c1. The minimum Gasteiger partial charge on any atom is -0.508 e. The molecule has 0 spiro atoms. The summed E-state index contributed by atoms with van der Waals surface area (Å²) in [6.45, 7) is 17.5. The zero-order chi connectivity index (χ0) is 62.1. The molecule has 0 unspecified atom stereocenters. The van der Waals surface area contributed by atoms with Crippen LogP contribution in [0.5, 0.6) is 28.7 Å². The van der Waals surface area contributed by atoms with Crippen LogP contribution in [0.4, 0.5) is 28.4 Å². The maximum Gasteiger partial charge on any atom is 0.277 e. The first kappa shape index (κ1) is 62.7. The number of carbonyl (C=O) groups excluding carboxylic acids is 5. The average molecular weight is 1160 g/mol. The molecule has 10 N–H and O–H groups in total. The number of amides is 5. The van der Waals surface area contributed by atoms with Crippen LogP contribution in [0.2, 0.25) is 0 Å². The first-order valence-corrected chi connectivity index (χ1v) is 25.5. The Bertz CT molecular complexity index is 3910. The molecule has 0 aliphatic heterocycles. The number of phenols is 5. The van der Waals surface area contributed by atoms with E-state index in [1.54, 1.807) is 140 Å². The van der Waals surface area contributed by atoms with E-state index in [4.69, 9.17) is 22.6 Å². The normalized spacial score (nSPS) is 10.2. The molecule has 10 aromatic rings. The molecule has 0 atom stereocenters. The molecule has 5 aromatic heterocycles. The number of para-hydroxylation sites is 2. The van der Waals surface area contributed by atoms with Gasteiger partial charge in [0.1, 0.15) is 57.5 Å². The lowest BCUT2D eigenvalue weighted by molar-refractivity contribution is 0.101. The molecule has 0 radical (unpaired) electrons. The summed E-state index contributed by atoms with van der Waals surface area (Å²) in [6, 6.07) is 32.4. The van der Waals surface area contributed by atoms with Gasteiger partial charge in [-0.1, -0.05) is 62.2 Å². The van der Waals surface area contributed by atoms with Crippen LogP contribution in [0, 0.1) is 69.2 Å². The van der Waals surface area contributed by atoms with Crippen LogP contribution in [0.3, 0.4) is 0 Å². The van der Waals surface area contributed by atoms with Crippen molar-refractivity contribution in [3.05, 3.63) is 206 Å². The van der Waals surface area contributed by atoms with Crippen molar-refractivity contribution in [2.24, 2.45) is 0 Å². The summed E-state index contributed by atoms with van der Waals surface area (Å²) in [5.74, 6) is 1.29. The van der Waals surface area contributed by atoms with Crippen molar-refractivity contribution in [3.8, 4) is 28.7 Å². The van der Waals surface area contributed by atoms with E-state index in [1.807, 2.05) is 13.8 Å². The number of anilines is 5. The second-order valence-electron chi connectivity index (χ2n) is 18.8. The van der Waals surface area contributed by atoms with Crippen molar-refractivity contribution in [2.45, 2.75) is 69.2 Å². The van der Waals surface area contributed by atoms with E-state index in [9.17, 15) is 49.5 Å². The predicted octanol–water partition coefficient (Wildman–Crippen LogP) is 11.2. The first-order chi connectivity index (χ1) is 40.3. The Balaban J connectivity index is 0.000000170. The molecule has 85 heavy (non-hydrogen) atoms. The summed E-state index contributed by atoms with van der Waals surface area (Å²) in [7, 11) is 0.